The Labute approximate surface area is 89.8 Å². The highest BCUT2D eigenvalue weighted by molar-refractivity contribution is 14.1. The monoisotopic (exact) mass is 289 g/mol. The molecule has 0 N–H and O–H groups in total. The number of nitro groups is 1. The molecule has 0 aliphatic carbocycles. The van der Waals surface area contributed by atoms with Crippen molar-refractivity contribution in [2.75, 3.05) is 4.43 Å². The predicted octanol–water partition coefficient (Wildman–Crippen LogP) is 3.04. The Hall–Kier alpha value is -0.910. The Kier molecular flexibility index (Phi) is 3.88. The van der Waals surface area contributed by atoms with Gasteiger partial charge < -0.3 is 0 Å². The molecule has 0 atom stereocenters. The van der Waals surface area contributed by atoms with Gasteiger partial charge in [0, 0.05) is 16.6 Å². The maximum Gasteiger partial charge on any atom is 0.270 e. The molecule has 0 unspecified atom stereocenters. The van der Waals surface area contributed by atoms with Gasteiger partial charge in [0.15, 0.2) is 0 Å². The number of nitro benzene ring substituents is 1. The van der Waals surface area contributed by atoms with E-state index in [0.29, 0.717) is 0 Å². The first-order chi connectivity index (χ1) is 6.24. The van der Waals surface area contributed by atoms with Crippen LogP contribution in [0.3, 0.4) is 0 Å². The van der Waals surface area contributed by atoms with Crippen LogP contribution in [-0.2, 0) is 0 Å². The van der Waals surface area contributed by atoms with Gasteiger partial charge >= 0.3 is 0 Å². The van der Waals surface area contributed by atoms with Gasteiger partial charge in [-0.1, -0.05) is 46.9 Å². The smallest absolute Gasteiger partial charge is 0.258 e. The lowest BCUT2D eigenvalue weighted by Gasteiger charge is -1.93. The normalized spacial score (nSPS) is 10.5. The van der Waals surface area contributed by atoms with E-state index in [2.05, 4.69) is 22.6 Å². The fourth-order valence-corrected chi connectivity index (χ4v) is 1.18. The predicted molar refractivity (Wildman–Crippen MR) is 61.0 cm³/mol. The van der Waals surface area contributed by atoms with Crippen molar-refractivity contribution in [2.24, 2.45) is 0 Å². The summed E-state index contributed by atoms with van der Waals surface area (Å²) in [7, 11) is 0. The van der Waals surface area contributed by atoms with Crippen LogP contribution in [0.2, 0.25) is 0 Å². The molecule has 0 bridgehead atoms. The first-order valence-corrected chi connectivity index (χ1v) is 5.23. The molecule has 4 heteroatoms. The van der Waals surface area contributed by atoms with Crippen molar-refractivity contribution in [2.45, 2.75) is 0 Å². The maximum atomic E-state index is 10.4. The Morgan fingerprint density at radius 3 is 2.92 bits per heavy atom. The second kappa shape index (κ2) is 4.96. The van der Waals surface area contributed by atoms with E-state index in [-0.39, 0.29) is 10.6 Å². The molecular weight excluding hydrogens is 281 g/mol. The fraction of sp³-hybridized carbons (Fsp3) is 0.111. The Morgan fingerprint density at radius 1 is 1.54 bits per heavy atom. The molecule has 68 valence electrons. The highest BCUT2D eigenvalue weighted by Crippen LogP contribution is 2.14. The minimum absolute atomic E-state index is 0.135. The zero-order chi connectivity index (χ0) is 9.68. The summed E-state index contributed by atoms with van der Waals surface area (Å²) in [5, 5.41) is 10.4. The van der Waals surface area contributed by atoms with Gasteiger partial charge in [-0.2, -0.15) is 0 Å². The molecule has 0 aliphatic heterocycles. The van der Waals surface area contributed by atoms with E-state index in [1.807, 2.05) is 18.2 Å². The van der Waals surface area contributed by atoms with Gasteiger partial charge in [0.1, 0.15) is 0 Å². The van der Waals surface area contributed by atoms with Crippen LogP contribution in [0.1, 0.15) is 5.56 Å². The van der Waals surface area contributed by atoms with Crippen molar-refractivity contribution < 1.29 is 4.92 Å². The molecule has 13 heavy (non-hydrogen) atoms. The van der Waals surface area contributed by atoms with Gasteiger partial charge in [-0.15, -0.1) is 0 Å². The van der Waals surface area contributed by atoms with Gasteiger partial charge in [-0.3, -0.25) is 10.1 Å². The van der Waals surface area contributed by atoms with Crippen molar-refractivity contribution in [3.05, 3.63) is 46.0 Å². The second-order valence-electron chi connectivity index (χ2n) is 2.41. The van der Waals surface area contributed by atoms with Crippen LogP contribution in [-0.4, -0.2) is 9.35 Å². The number of alkyl halides is 1. The number of nitrogens with zero attached hydrogens (tertiary/aromatic N) is 1. The lowest BCUT2D eigenvalue weighted by molar-refractivity contribution is -0.384. The zero-order valence-corrected chi connectivity index (χ0v) is 8.97. The number of allylic oxidation sites excluding steroid dienone is 1. The number of hydrogen-bond donors (Lipinski definition) is 0. The summed E-state index contributed by atoms with van der Waals surface area (Å²) in [5.74, 6) is 0. The van der Waals surface area contributed by atoms with Gasteiger partial charge in [0.25, 0.3) is 5.69 Å². The molecule has 1 rings (SSSR count). The van der Waals surface area contributed by atoms with Crippen molar-refractivity contribution in [1.82, 2.24) is 0 Å². The van der Waals surface area contributed by atoms with Gasteiger partial charge in [0.05, 0.1) is 4.92 Å². The third-order valence-corrected chi connectivity index (χ3v) is 1.99. The zero-order valence-electron chi connectivity index (χ0n) is 6.81. The minimum Gasteiger partial charge on any atom is -0.258 e. The molecule has 0 fully saturated rings. The van der Waals surface area contributed by atoms with Crippen LogP contribution >= 0.6 is 22.6 Å². The van der Waals surface area contributed by atoms with Crippen molar-refractivity contribution in [1.29, 1.82) is 0 Å². The molecule has 1 aromatic carbocycles. The molecule has 0 amide bonds. The van der Waals surface area contributed by atoms with Gasteiger partial charge in [-0.25, -0.2) is 0 Å². The van der Waals surface area contributed by atoms with E-state index in [0.717, 1.165) is 9.99 Å². The molecule has 0 spiro atoms. The third-order valence-electron chi connectivity index (χ3n) is 1.48. The Balaban J connectivity index is 2.92. The molecule has 0 saturated carbocycles. The highest BCUT2D eigenvalue weighted by Gasteiger charge is 2.02. The highest BCUT2D eigenvalue weighted by atomic mass is 127. The molecule has 0 radical (unpaired) electrons. The summed E-state index contributed by atoms with van der Waals surface area (Å²) in [6, 6.07) is 6.57. The van der Waals surface area contributed by atoms with Gasteiger partial charge in [0.2, 0.25) is 0 Å². The molecule has 0 aliphatic rings. The average Bonchev–Trinajstić information content (AvgIpc) is 2.15. The third kappa shape index (κ3) is 3.14. The summed E-state index contributed by atoms with van der Waals surface area (Å²) in [6.07, 6.45) is 3.83. The fourth-order valence-electron chi connectivity index (χ4n) is 0.923. The number of rotatable bonds is 3. The summed E-state index contributed by atoms with van der Waals surface area (Å²) in [6.45, 7) is 0. The maximum absolute atomic E-state index is 10.4. The van der Waals surface area contributed by atoms with Crippen LogP contribution in [0.25, 0.3) is 6.08 Å². The van der Waals surface area contributed by atoms with Crippen LogP contribution in [0.15, 0.2) is 30.3 Å². The first-order valence-electron chi connectivity index (χ1n) is 3.71. The van der Waals surface area contributed by atoms with E-state index in [1.54, 1.807) is 12.1 Å². The summed E-state index contributed by atoms with van der Waals surface area (Å²) >= 11 is 2.22. The first kappa shape index (κ1) is 10.2. The lowest BCUT2D eigenvalue weighted by Crippen LogP contribution is -1.87. The molecule has 0 saturated heterocycles. The van der Waals surface area contributed by atoms with Crippen LogP contribution in [0.4, 0.5) is 5.69 Å². The van der Waals surface area contributed by atoms with Crippen LogP contribution in [0, 0.1) is 10.1 Å². The summed E-state index contributed by atoms with van der Waals surface area (Å²) in [5.41, 5.74) is 1.00. The number of hydrogen-bond acceptors (Lipinski definition) is 2. The van der Waals surface area contributed by atoms with Crippen molar-refractivity contribution in [3.63, 3.8) is 0 Å². The van der Waals surface area contributed by atoms with Crippen molar-refractivity contribution in [3.8, 4) is 0 Å². The molecule has 1 aromatic rings. The SMILES string of the molecule is O=[N+]([O-])c1cccc(/C=C/CI)c1. The molecule has 3 nitrogen and oxygen atoms in total. The Bertz CT molecular complexity index is 336. The quantitative estimate of drug-likeness (QED) is 0.371. The molecule has 0 heterocycles. The van der Waals surface area contributed by atoms with Gasteiger partial charge in [-0.05, 0) is 5.56 Å². The van der Waals surface area contributed by atoms with E-state index >= 15 is 0 Å². The van der Waals surface area contributed by atoms with Crippen LogP contribution < -0.4 is 0 Å². The second-order valence-corrected chi connectivity index (χ2v) is 3.29. The molecule has 0 aromatic heterocycles. The lowest BCUT2D eigenvalue weighted by atomic mass is 10.2. The standard InChI is InChI=1S/C9H8INO2/c10-6-2-4-8-3-1-5-9(7-8)11(12)13/h1-5,7H,6H2/b4-2+. The van der Waals surface area contributed by atoms with Crippen LogP contribution in [0.5, 0.6) is 0 Å². The van der Waals surface area contributed by atoms with E-state index in [9.17, 15) is 10.1 Å². The van der Waals surface area contributed by atoms with E-state index < -0.39 is 0 Å². The topological polar surface area (TPSA) is 43.1 Å². The number of benzene rings is 1. The largest absolute Gasteiger partial charge is 0.270 e. The number of non-ortho nitro benzene ring substituents is 1. The Morgan fingerprint density at radius 2 is 2.31 bits per heavy atom. The summed E-state index contributed by atoms with van der Waals surface area (Å²) < 4.78 is 0.903. The number of halogens is 1. The van der Waals surface area contributed by atoms with E-state index in [1.165, 1.54) is 6.07 Å². The van der Waals surface area contributed by atoms with Crippen molar-refractivity contribution >= 4 is 34.4 Å². The molecular formula is C9H8INO2. The minimum atomic E-state index is -0.388. The van der Waals surface area contributed by atoms with E-state index in [4.69, 9.17) is 0 Å². The summed E-state index contributed by atoms with van der Waals surface area (Å²) in [4.78, 5) is 10.0. The average molecular weight is 289 g/mol.